The van der Waals surface area contributed by atoms with E-state index in [2.05, 4.69) is 30.7 Å². The van der Waals surface area contributed by atoms with E-state index in [-0.39, 0.29) is 19.3 Å². The first-order valence-electron chi connectivity index (χ1n) is 14.6. The number of benzene rings is 2. The minimum atomic E-state index is -1.93. The smallest absolute Gasteiger partial charge is 0.258 e. The predicted molar refractivity (Wildman–Crippen MR) is 173 cm³/mol. The third kappa shape index (κ3) is 6.58. The fraction of sp³-hybridized carbons (Fsp3) is 0.344. The van der Waals surface area contributed by atoms with E-state index in [0.717, 1.165) is 58.4 Å². The maximum absolute atomic E-state index is 14.7. The van der Waals surface area contributed by atoms with Crippen LogP contribution in [0.3, 0.4) is 0 Å². The van der Waals surface area contributed by atoms with Crippen LogP contribution >= 0.6 is 23.4 Å². The number of aromatic nitrogens is 4. The fourth-order valence-electron chi connectivity index (χ4n) is 5.29. The van der Waals surface area contributed by atoms with Gasteiger partial charge in [0, 0.05) is 64.7 Å². The van der Waals surface area contributed by atoms with Crippen molar-refractivity contribution in [2.45, 2.75) is 44.8 Å². The van der Waals surface area contributed by atoms with E-state index in [1.54, 1.807) is 24.4 Å². The van der Waals surface area contributed by atoms with Gasteiger partial charge in [-0.1, -0.05) is 29.8 Å². The molecule has 1 aliphatic heterocycles. The number of thioether (sulfide) groups is 1. The molecule has 3 heterocycles. The number of halogens is 2. The zero-order chi connectivity index (χ0) is 30.8. The number of aryl methyl sites for hydroxylation is 2. The number of carbonyl (C=O) groups excluding carboxylic acids is 2. The molecule has 6 rings (SSSR count). The Labute approximate surface area is 264 Å². The van der Waals surface area contributed by atoms with Crippen LogP contribution in [-0.4, -0.2) is 68.3 Å². The normalized spacial score (nSPS) is 16.3. The zero-order valence-corrected chi connectivity index (χ0v) is 26.1. The number of hydrogen-bond donors (Lipinski definition) is 3. The summed E-state index contributed by atoms with van der Waals surface area (Å²) in [6.45, 7) is 5.65. The van der Waals surface area contributed by atoms with Crippen molar-refractivity contribution in [3.8, 4) is 22.4 Å². The van der Waals surface area contributed by atoms with Gasteiger partial charge in [-0.2, -0.15) is 16.9 Å². The first kappa shape index (κ1) is 30.1. The molecule has 1 atom stereocenters. The highest BCUT2D eigenvalue weighted by Crippen LogP contribution is 2.40. The Morgan fingerprint density at radius 3 is 2.50 bits per heavy atom. The first-order valence-corrected chi connectivity index (χ1v) is 16.1. The number of rotatable bonds is 9. The zero-order valence-electron chi connectivity index (χ0n) is 24.5. The predicted octanol–water partition coefficient (Wildman–Crippen LogP) is 5.53. The standard InChI is InChI=1S/C32H33ClFN7O2S/c1-19-28(20(2)40-39-19)21-3-6-24(7-4-21)36-29(42)27(37-30(43)32(34)10-11-32)18-23-17-22(5-8-25(23)33)26-9-12-35-31(38-26)41-13-15-44-16-14-41/h3-9,12,17,27H,10-11,13-16,18H2,1-2H3,(H,36,42)(H,37,43)(H,39,40). The quantitative estimate of drug-likeness (QED) is 0.222. The van der Waals surface area contributed by atoms with Crippen LogP contribution in [0.1, 0.15) is 29.8 Å². The monoisotopic (exact) mass is 633 g/mol. The summed E-state index contributed by atoms with van der Waals surface area (Å²) >= 11 is 8.52. The number of anilines is 2. The van der Waals surface area contributed by atoms with Gasteiger partial charge in [0.15, 0.2) is 5.67 Å². The maximum atomic E-state index is 14.7. The minimum absolute atomic E-state index is 0.0626. The molecule has 4 aromatic rings. The lowest BCUT2D eigenvalue weighted by Gasteiger charge is -2.26. The van der Waals surface area contributed by atoms with Crippen molar-refractivity contribution in [1.82, 2.24) is 25.5 Å². The van der Waals surface area contributed by atoms with E-state index in [9.17, 15) is 14.0 Å². The van der Waals surface area contributed by atoms with E-state index in [4.69, 9.17) is 16.6 Å². The number of hydrogen-bond acceptors (Lipinski definition) is 7. The molecule has 228 valence electrons. The summed E-state index contributed by atoms with van der Waals surface area (Å²) in [6.07, 6.45) is 2.08. The van der Waals surface area contributed by atoms with Crippen LogP contribution < -0.4 is 15.5 Å². The molecule has 9 nitrogen and oxygen atoms in total. The molecule has 44 heavy (non-hydrogen) atoms. The molecule has 0 bridgehead atoms. The first-order chi connectivity index (χ1) is 21.2. The lowest BCUT2D eigenvalue weighted by Crippen LogP contribution is -2.48. The van der Waals surface area contributed by atoms with Gasteiger partial charge in [-0.05, 0) is 68.1 Å². The largest absolute Gasteiger partial charge is 0.341 e. The second-order valence-corrected chi connectivity index (χ2v) is 12.9. The van der Waals surface area contributed by atoms with Gasteiger partial charge in [0.25, 0.3) is 5.91 Å². The second-order valence-electron chi connectivity index (χ2n) is 11.2. The molecule has 0 radical (unpaired) electrons. The van der Waals surface area contributed by atoms with Crippen LogP contribution in [0.15, 0.2) is 54.7 Å². The van der Waals surface area contributed by atoms with Gasteiger partial charge >= 0.3 is 0 Å². The molecular weight excluding hydrogens is 601 g/mol. The van der Waals surface area contributed by atoms with Crippen molar-refractivity contribution >= 4 is 46.8 Å². The molecule has 2 aromatic carbocycles. The fourth-order valence-corrected chi connectivity index (χ4v) is 6.39. The summed E-state index contributed by atoms with van der Waals surface area (Å²) in [7, 11) is 0. The molecule has 1 aliphatic carbocycles. The molecule has 0 spiro atoms. The molecule has 12 heteroatoms. The topological polar surface area (TPSA) is 116 Å². The van der Waals surface area contributed by atoms with Crippen LogP contribution in [0.2, 0.25) is 5.02 Å². The van der Waals surface area contributed by atoms with E-state index in [0.29, 0.717) is 22.2 Å². The van der Waals surface area contributed by atoms with Crippen LogP contribution in [0.4, 0.5) is 16.0 Å². The van der Waals surface area contributed by atoms with Gasteiger partial charge in [-0.25, -0.2) is 14.4 Å². The minimum Gasteiger partial charge on any atom is -0.341 e. The van der Waals surface area contributed by atoms with Crippen molar-refractivity contribution in [2.24, 2.45) is 0 Å². The summed E-state index contributed by atoms with van der Waals surface area (Å²) < 4.78 is 14.7. The molecule has 2 aliphatic rings. The molecular formula is C32H33ClFN7O2S. The third-order valence-electron chi connectivity index (χ3n) is 7.99. The highest BCUT2D eigenvalue weighted by molar-refractivity contribution is 7.99. The lowest BCUT2D eigenvalue weighted by molar-refractivity contribution is -0.131. The summed E-state index contributed by atoms with van der Waals surface area (Å²) in [5.74, 6) is 1.47. The molecule has 1 unspecified atom stereocenters. The van der Waals surface area contributed by atoms with Gasteiger partial charge in [0.1, 0.15) is 6.04 Å². The number of alkyl halides is 1. The van der Waals surface area contributed by atoms with Crippen molar-refractivity contribution in [3.05, 3.63) is 76.7 Å². The highest BCUT2D eigenvalue weighted by Gasteiger charge is 2.51. The summed E-state index contributed by atoms with van der Waals surface area (Å²) in [5, 5.41) is 13.2. The Morgan fingerprint density at radius 1 is 1.09 bits per heavy atom. The number of nitrogens with one attached hydrogen (secondary N) is 3. The molecule has 2 fully saturated rings. The van der Waals surface area contributed by atoms with Gasteiger partial charge in [-0.15, -0.1) is 0 Å². The number of carbonyl (C=O) groups is 2. The van der Waals surface area contributed by atoms with Crippen LogP contribution in [0.5, 0.6) is 0 Å². The summed E-state index contributed by atoms with van der Waals surface area (Å²) in [6, 6.07) is 13.6. The van der Waals surface area contributed by atoms with Crippen molar-refractivity contribution in [2.75, 3.05) is 34.8 Å². The maximum Gasteiger partial charge on any atom is 0.258 e. The van der Waals surface area contributed by atoms with Crippen LogP contribution in [0, 0.1) is 13.8 Å². The van der Waals surface area contributed by atoms with Gasteiger partial charge in [0.05, 0.1) is 11.4 Å². The SMILES string of the molecule is Cc1n[nH]c(C)c1-c1ccc(NC(=O)C(Cc2cc(-c3ccnc(N4CCSCC4)n3)ccc2Cl)NC(=O)C2(F)CC2)cc1. The third-order valence-corrected chi connectivity index (χ3v) is 9.30. The Balaban J connectivity index is 1.23. The number of nitrogens with zero attached hydrogens (tertiary/aromatic N) is 4. The van der Waals surface area contributed by atoms with E-state index < -0.39 is 23.5 Å². The van der Waals surface area contributed by atoms with E-state index >= 15 is 0 Å². The molecule has 2 aromatic heterocycles. The average molecular weight is 634 g/mol. The molecule has 1 saturated heterocycles. The Kier molecular flexibility index (Phi) is 8.59. The van der Waals surface area contributed by atoms with E-state index in [1.807, 2.05) is 55.9 Å². The Bertz CT molecular complexity index is 1670. The summed E-state index contributed by atoms with van der Waals surface area (Å²) in [5.41, 5.74) is 4.55. The van der Waals surface area contributed by atoms with Crippen LogP contribution in [-0.2, 0) is 16.0 Å². The average Bonchev–Trinajstić information content (AvgIpc) is 3.71. The second kappa shape index (κ2) is 12.6. The molecule has 2 amide bonds. The number of H-pyrrole nitrogens is 1. The summed E-state index contributed by atoms with van der Waals surface area (Å²) in [4.78, 5) is 37.8. The molecule has 3 N–H and O–H groups in total. The van der Waals surface area contributed by atoms with Crippen molar-refractivity contribution < 1.29 is 14.0 Å². The van der Waals surface area contributed by atoms with Gasteiger partial charge in [0.2, 0.25) is 11.9 Å². The number of aromatic amines is 1. The Morgan fingerprint density at radius 2 is 1.82 bits per heavy atom. The van der Waals surface area contributed by atoms with Gasteiger partial charge < -0.3 is 15.5 Å². The van der Waals surface area contributed by atoms with E-state index in [1.165, 1.54) is 0 Å². The van der Waals surface area contributed by atoms with Crippen molar-refractivity contribution in [3.63, 3.8) is 0 Å². The van der Waals surface area contributed by atoms with Crippen LogP contribution in [0.25, 0.3) is 22.4 Å². The van der Waals surface area contributed by atoms with Gasteiger partial charge in [-0.3, -0.25) is 14.7 Å². The number of amides is 2. The van der Waals surface area contributed by atoms with Crippen molar-refractivity contribution in [1.29, 1.82) is 0 Å². The lowest BCUT2D eigenvalue weighted by atomic mass is 10.0. The Hall–Kier alpha value is -3.96. The highest BCUT2D eigenvalue weighted by atomic mass is 35.5. The molecule has 1 saturated carbocycles.